The van der Waals surface area contributed by atoms with Crippen molar-refractivity contribution in [3.63, 3.8) is 0 Å². The van der Waals surface area contributed by atoms with Crippen LogP contribution in [0.4, 0.5) is 0 Å². The molecular weight excluding hydrogens is 551 g/mol. The van der Waals surface area contributed by atoms with Crippen molar-refractivity contribution in [3.05, 3.63) is 170 Å². The molecule has 0 spiro atoms. The monoisotopic (exact) mass is 580 g/mol. The summed E-state index contributed by atoms with van der Waals surface area (Å²) in [5.74, 6) is 0. The van der Waals surface area contributed by atoms with E-state index >= 15 is 0 Å². The zero-order valence-corrected chi connectivity index (χ0v) is 23.5. The summed E-state index contributed by atoms with van der Waals surface area (Å²) in [5.41, 5.74) is 4.98. The number of benzene rings is 6. The number of hydrogen-bond acceptors (Lipinski definition) is 0. The van der Waals surface area contributed by atoms with Crippen molar-refractivity contribution in [3.8, 4) is 22.3 Å². The van der Waals surface area contributed by atoms with Crippen LogP contribution in [0, 0.1) is 0 Å². The Kier molecular flexibility index (Phi) is 6.75. The second kappa shape index (κ2) is 10.6. The molecule has 0 saturated carbocycles. The molecule has 6 aromatic carbocycles. The molecule has 0 heterocycles. The summed E-state index contributed by atoms with van der Waals surface area (Å²) < 4.78 is 5.86. The molecule has 0 aliphatic heterocycles. The molecule has 0 fully saturated rings. The third-order valence-corrected chi connectivity index (χ3v) is 21.0. The van der Waals surface area contributed by atoms with Crippen LogP contribution in [0.3, 0.4) is 0 Å². The van der Waals surface area contributed by atoms with Crippen LogP contribution in [0.25, 0.3) is 22.3 Å². The summed E-state index contributed by atoms with van der Waals surface area (Å²) in [6.45, 7) is 0. The van der Waals surface area contributed by atoms with Crippen LogP contribution < -0.4 is 14.3 Å². The Morgan fingerprint density at radius 3 is 0.811 bits per heavy atom. The molecule has 0 unspecified atom stereocenters. The Bertz CT molecular complexity index is 1460. The molecule has 6 rings (SSSR count). The Hall–Kier alpha value is -3.88. The maximum atomic E-state index is 2.39. The Morgan fingerprint density at radius 1 is 0.216 bits per heavy atom. The average molecular weight is 579 g/mol. The first-order valence-corrected chi connectivity index (χ1v) is 18.5. The normalized spacial score (nSPS) is 11.2. The standard InChI is InChI=1S/C18H13.3C6H5.Sn/c1-3-7-15(8-4-1)17-11-13-18(14-12-17)16-9-5-2-6-10-16;3*1-2-4-6-5-3-1;/h1,3-14H;3*1-5H;. The van der Waals surface area contributed by atoms with E-state index in [1.54, 1.807) is 0 Å². The molecule has 37 heavy (non-hydrogen) atoms. The Balaban J connectivity index is 1.47. The molecular formula is C36H28Sn. The SMILES string of the molecule is c1ccc(-c2ccc(-c3cc[c]([Sn]([c]4ccccc4)([c]4ccccc4)[c]4ccccc4)cc3)cc2)cc1. The zero-order chi connectivity index (χ0) is 24.9. The van der Waals surface area contributed by atoms with E-state index in [2.05, 4.69) is 170 Å². The van der Waals surface area contributed by atoms with Crippen molar-refractivity contribution in [1.82, 2.24) is 0 Å². The first kappa shape index (κ1) is 23.5. The van der Waals surface area contributed by atoms with Gasteiger partial charge in [0.25, 0.3) is 0 Å². The van der Waals surface area contributed by atoms with Gasteiger partial charge in [-0.05, 0) is 0 Å². The minimum absolute atomic E-state index is 1.24. The van der Waals surface area contributed by atoms with Gasteiger partial charge in [0, 0.05) is 0 Å². The molecule has 0 radical (unpaired) electrons. The molecule has 0 aliphatic rings. The maximum absolute atomic E-state index is 3.53. The molecule has 0 bridgehead atoms. The van der Waals surface area contributed by atoms with E-state index in [1.807, 2.05) is 0 Å². The minimum atomic E-state index is -3.53. The fourth-order valence-corrected chi connectivity index (χ4v) is 19.0. The second-order valence-electron chi connectivity index (χ2n) is 9.37. The van der Waals surface area contributed by atoms with Crippen molar-refractivity contribution < 1.29 is 0 Å². The summed E-state index contributed by atoms with van der Waals surface area (Å²) in [6, 6.07) is 62.4. The Labute approximate surface area is 223 Å². The van der Waals surface area contributed by atoms with Crippen molar-refractivity contribution in [2.45, 2.75) is 0 Å². The summed E-state index contributed by atoms with van der Waals surface area (Å²) >= 11 is -3.53. The van der Waals surface area contributed by atoms with E-state index in [4.69, 9.17) is 0 Å². The third kappa shape index (κ3) is 4.54. The van der Waals surface area contributed by atoms with Crippen LogP contribution in [-0.4, -0.2) is 18.4 Å². The molecule has 0 atom stereocenters. The van der Waals surface area contributed by atoms with Crippen molar-refractivity contribution in [2.24, 2.45) is 0 Å². The topological polar surface area (TPSA) is 0 Å². The predicted octanol–water partition coefficient (Wildman–Crippen LogP) is 6.40. The average Bonchev–Trinajstić information content (AvgIpc) is 3.00. The quantitative estimate of drug-likeness (QED) is 0.201. The summed E-state index contributed by atoms with van der Waals surface area (Å²) in [5, 5.41) is 0. The molecule has 0 aromatic heterocycles. The van der Waals surface area contributed by atoms with E-state index < -0.39 is 18.4 Å². The second-order valence-corrected chi connectivity index (χ2v) is 20.2. The van der Waals surface area contributed by atoms with Gasteiger partial charge in [0.05, 0.1) is 0 Å². The van der Waals surface area contributed by atoms with E-state index in [0.29, 0.717) is 0 Å². The molecule has 0 nitrogen and oxygen atoms in total. The van der Waals surface area contributed by atoms with E-state index in [-0.39, 0.29) is 0 Å². The van der Waals surface area contributed by atoms with Gasteiger partial charge in [-0.15, -0.1) is 0 Å². The van der Waals surface area contributed by atoms with Gasteiger partial charge in [0.1, 0.15) is 0 Å². The number of hydrogen-bond donors (Lipinski definition) is 0. The van der Waals surface area contributed by atoms with Crippen LogP contribution >= 0.6 is 0 Å². The fourth-order valence-electron chi connectivity index (χ4n) is 5.46. The van der Waals surface area contributed by atoms with E-state index in [0.717, 1.165) is 0 Å². The van der Waals surface area contributed by atoms with Gasteiger partial charge < -0.3 is 0 Å². The fraction of sp³-hybridized carbons (Fsp3) is 0. The van der Waals surface area contributed by atoms with Crippen LogP contribution in [0.1, 0.15) is 0 Å². The molecule has 6 aromatic rings. The van der Waals surface area contributed by atoms with Crippen LogP contribution in [0.5, 0.6) is 0 Å². The third-order valence-electron chi connectivity index (χ3n) is 7.26. The van der Waals surface area contributed by atoms with Gasteiger partial charge >= 0.3 is 225 Å². The van der Waals surface area contributed by atoms with Crippen LogP contribution in [0.15, 0.2) is 170 Å². The van der Waals surface area contributed by atoms with Crippen molar-refractivity contribution >= 4 is 32.7 Å². The summed E-state index contributed by atoms with van der Waals surface area (Å²) in [4.78, 5) is 0. The van der Waals surface area contributed by atoms with Crippen LogP contribution in [0.2, 0.25) is 0 Å². The van der Waals surface area contributed by atoms with E-state index in [9.17, 15) is 0 Å². The summed E-state index contributed by atoms with van der Waals surface area (Å²) in [6.07, 6.45) is 0. The first-order valence-electron chi connectivity index (χ1n) is 12.8. The van der Waals surface area contributed by atoms with Crippen molar-refractivity contribution in [1.29, 1.82) is 0 Å². The predicted molar refractivity (Wildman–Crippen MR) is 161 cm³/mol. The van der Waals surface area contributed by atoms with Crippen molar-refractivity contribution in [2.75, 3.05) is 0 Å². The molecule has 1 heteroatoms. The molecule has 0 N–H and O–H groups in total. The molecule has 176 valence electrons. The molecule has 0 aliphatic carbocycles. The zero-order valence-electron chi connectivity index (χ0n) is 20.7. The Morgan fingerprint density at radius 2 is 0.459 bits per heavy atom. The van der Waals surface area contributed by atoms with Gasteiger partial charge in [-0.1, -0.05) is 0 Å². The van der Waals surface area contributed by atoms with Gasteiger partial charge in [-0.3, -0.25) is 0 Å². The summed E-state index contributed by atoms with van der Waals surface area (Å²) in [7, 11) is 0. The first-order chi connectivity index (χ1) is 18.4. The van der Waals surface area contributed by atoms with E-state index in [1.165, 1.54) is 36.6 Å². The molecule has 0 amide bonds. The van der Waals surface area contributed by atoms with Gasteiger partial charge in [-0.2, -0.15) is 0 Å². The van der Waals surface area contributed by atoms with Gasteiger partial charge in [-0.25, -0.2) is 0 Å². The van der Waals surface area contributed by atoms with Gasteiger partial charge in [0.2, 0.25) is 0 Å². The van der Waals surface area contributed by atoms with Crippen LogP contribution in [-0.2, 0) is 0 Å². The molecule has 0 saturated heterocycles. The van der Waals surface area contributed by atoms with Gasteiger partial charge in [0.15, 0.2) is 0 Å². The number of rotatable bonds is 6.